The highest BCUT2D eigenvalue weighted by Crippen LogP contribution is 2.23. The summed E-state index contributed by atoms with van der Waals surface area (Å²) < 4.78 is 6.25. The fraction of sp³-hybridized carbons (Fsp3) is 0.0455. The zero-order chi connectivity index (χ0) is 20.8. The molecule has 0 aromatic heterocycles. The van der Waals surface area contributed by atoms with Gasteiger partial charge in [-0.2, -0.15) is 5.10 Å². The molecule has 1 N–H and O–H groups in total. The van der Waals surface area contributed by atoms with Gasteiger partial charge in [0.25, 0.3) is 5.91 Å². The fourth-order valence-electron chi connectivity index (χ4n) is 2.51. The summed E-state index contributed by atoms with van der Waals surface area (Å²) in [6.45, 7) is 1.85. The van der Waals surface area contributed by atoms with Crippen molar-refractivity contribution in [1.29, 1.82) is 0 Å². The minimum Gasteiger partial charge on any atom is -0.422 e. The summed E-state index contributed by atoms with van der Waals surface area (Å²) >= 11 is 9.23. The highest BCUT2D eigenvalue weighted by Gasteiger charge is 2.12. The molecule has 0 aliphatic rings. The van der Waals surface area contributed by atoms with Gasteiger partial charge in [0.15, 0.2) is 0 Å². The molecule has 29 heavy (non-hydrogen) atoms. The molecule has 5 nitrogen and oxygen atoms in total. The van der Waals surface area contributed by atoms with E-state index in [4.69, 9.17) is 16.3 Å². The Hall–Kier alpha value is -2.96. The van der Waals surface area contributed by atoms with Gasteiger partial charge in [-0.3, -0.25) is 4.79 Å². The van der Waals surface area contributed by atoms with Crippen LogP contribution < -0.4 is 10.2 Å². The maximum atomic E-state index is 12.4. The third-order valence-corrected chi connectivity index (χ3v) is 4.76. The Morgan fingerprint density at radius 3 is 2.52 bits per heavy atom. The first-order valence-corrected chi connectivity index (χ1v) is 9.77. The van der Waals surface area contributed by atoms with Crippen LogP contribution in [0.4, 0.5) is 0 Å². The molecule has 3 aromatic carbocycles. The molecule has 3 aromatic rings. The van der Waals surface area contributed by atoms with E-state index in [9.17, 15) is 9.59 Å². The van der Waals surface area contributed by atoms with Gasteiger partial charge in [0.1, 0.15) is 5.75 Å². The number of rotatable bonds is 5. The number of carbonyl (C=O) groups is 2. The molecular weight excluding hydrogens is 456 g/mol. The zero-order valence-electron chi connectivity index (χ0n) is 15.4. The van der Waals surface area contributed by atoms with Gasteiger partial charge < -0.3 is 4.74 Å². The first-order chi connectivity index (χ1) is 13.9. The van der Waals surface area contributed by atoms with Crippen molar-refractivity contribution in [2.45, 2.75) is 6.92 Å². The maximum Gasteiger partial charge on any atom is 0.343 e. The predicted molar refractivity (Wildman–Crippen MR) is 117 cm³/mol. The monoisotopic (exact) mass is 470 g/mol. The number of amides is 1. The normalized spacial score (nSPS) is 10.7. The molecule has 0 unspecified atom stereocenters. The summed E-state index contributed by atoms with van der Waals surface area (Å²) in [6, 6.07) is 18.7. The Balaban J connectivity index is 1.75. The molecule has 3 rings (SSSR count). The van der Waals surface area contributed by atoms with Gasteiger partial charge >= 0.3 is 5.97 Å². The van der Waals surface area contributed by atoms with Gasteiger partial charge in [0.2, 0.25) is 0 Å². The first kappa shape index (κ1) is 20.8. The number of hydrazone groups is 1. The van der Waals surface area contributed by atoms with Gasteiger partial charge in [0, 0.05) is 20.6 Å². The standard InChI is InChI=1S/C22H16BrClN2O3/c1-14-4-2-3-5-19(14)21(27)26-25-13-16-12-17(23)8-11-20(16)29-22(28)15-6-9-18(24)10-7-15/h2-13H,1H3,(H,26,27)/b25-13+. The largest absolute Gasteiger partial charge is 0.422 e. The van der Waals surface area contributed by atoms with E-state index in [0.29, 0.717) is 27.5 Å². The maximum absolute atomic E-state index is 12.4. The van der Waals surface area contributed by atoms with E-state index >= 15 is 0 Å². The third-order valence-electron chi connectivity index (χ3n) is 4.01. The van der Waals surface area contributed by atoms with E-state index in [1.807, 2.05) is 19.1 Å². The van der Waals surface area contributed by atoms with Crippen molar-refractivity contribution >= 4 is 45.6 Å². The first-order valence-electron chi connectivity index (χ1n) is 8.60. The van der Waals surface area contributed by atoms with Gasteiger partial charge in [-0.1, -0.05) is 45.7 Å². The molecule has 146 valence electrons. The molecule has 0 aliphatic carbocycles. The molecule has 0 atom stereocenters. The summed E-state index contributed by atoms with van der Waals surface area (Å²) in [5, 5.41) is 4.53. The van der Waals surface area contributed by atoms with Crippen molar-refractivity contribution in [3.63, 3.8) is 0 Å². The van der Waals surface area contributed by atoms with Crippen LogP contribution in [0, 0.1) is 6.92 Å². The molecular formula is C22H16BrClN2O3. The van der Waals surface area contributed by atoms with Crippen LogP contribution in [-0.4, -0.2) is 18.1 Å². The number of carbonyl (C=O) groups excluding carboxylic acids is 2. The van der Waals surface area contributed by atoms with Gasteiger partial charge in [-0.15, -0.1) is 0 Å². The lowest BCUT2D eigenvalue weighted by Crippen LogP contribution is -2.18. The Labute approximate surface area is 181 Å². The fourth-order valence-corrected chi connectivity index (χ4v) is 3.01. The molecule has 0 fully saturated rings. The molecule has 0 aliphatic heterocycles. The van der Waals surface area contributed by atoms with E-state index in [0.717, 1.165) is 10.0 Å². The lowest BCUT2D eigenvalue weighted by atomic mass is 10.1. The van der Waals surface area contributed by atoms with Crippen LogP contribution in [0.25, 0.3) is 0 Å². The Morgan fingerprint density at radius 1 is 1.07 bits per heavy atom. The van der Waals surface area contributed by atoms with Crippen LogP contribution in [0.2, 0.25) is 5.02 Å². The van der Waals surface area contributed by atoms with Crippen molar-refractivity contribution in [3.05, 3.63) is 98.5 Å². The number of benzene rings is 3. The molecule has 1 amide bonds. The van der Waals surface area contributed by atoms with E-state index < -0.39 is 5.97 Å². The second kappa shape index (κ2) is 9.49. The van der Waals surface area contributed by atoms with Gasteiger partial charge in [-0.25, -0.2) is 10.2 Å². The average molecular weight is 472 g/mol. The number of nitrogens with zero attached hydrogens (tertiary/aromatic N) is 1. The highest BCUT2D eigenvalue weighted by molar-refractivity contribution is 9.10. The number of halogens is 2. The molecule has 7 heteroatoms. The van der Waals surface area contributed by atoms with E-state index in [1.165, 1.54) is 6.21 Å². The van der Waals surface area contributed by atoms with Crippen LogP contribution in [0.15, 0.2) is 76.3 Å². The second-order valence-electron chi connectivity index (χ2n) is 6.09. The van der Waals surface area contributed by atoms with Crippen LogP contribution in [0.1, 0.15) is 31.8 Å². The summed E-state index contributed by atoms with van der Waals surface area (Å²) in [7, 11) is 0. The average Bonchev–Trinajstić information content (AvgIpc) is 2.70. The summed E-state index contributed by atoms with van der Waals surface area (Å²) in [6.07, 6.45) is 1.42. The highest BCUT2D eigenvalue weighted by atomic mass is 79.9. The van der Waals surface area contributed by atoms with Gasteiger partial charge in [-0.05, 0) is 61.0 Å². The number of ether oxygens (including phenoxy) is 1. The second-order valence-corrected chi connectivity index (χ2v) is 7.44. The lowest BCUT2D eigenvalue weighted by Gasteiger charge is -2.08. The van der Waals surface area contributed by atoms with E-state index in [-0.39, 0.29) is 5.91 Å². The number of nitrogens with one attached hydrogen (secondary N) is 1. The molecule has 0 heterocycles. The van der Waals surface area contributed by atoms with Crippen molar-refractivity contribution < 1.29 is 14.3 Å². The van der Waals surface area contributed by atoms with E-state index in [1.54, 1.807) is 54.6 Å². The molecule has 0 radical (unpaired) electrons. The SMILES string of the molecule is Cc1ccccc1C(=O)N/N=C/c1cc(Br)ccc1OC(=O)c1ccc(Cl)cc1. The van der Waals surface area contributed by atoms with Crippen LogP contribution in [0.3, 0.4) is 0 Å². The number of esters is 1. The molecule has 0 spiro atoms. The van der Waals surface area contributed by atoms with Crippen molar-refractivity contribution in [2.24, 2.45) is 5.10 Å². The van der Waals surface area contributed by atoms with E-state index in [2.05, 4.69) is 26.5 Å². The quantitative estimate of drug-likeness (QED) is 0.235. The third kappa shape index (κ3) is 5.53. The molecule has 0 saturated heterocycles. The minimum atomic E-state index is -0.525. The van der Waals surface area contributed by atoms with Crippen LogP contribution >= 0.6 is 27.5 Å². The Kier molecular flexibility index (Phi) is 6.80. The predicted octanol–water partition coefficient (Wildman–Crippen LogP) is 5.39. The molecule has 0 bridgehead atoms. The van der Waals surface area contributed by atoms with Crippen molar-refractivity contribution in [3.8, 4) is 5.75 Å². The summed E-state index contributed by atoms with van der Waals surface area (Å²) in [4.78, 5) is 24.6. The van der Waals surface area contributed by atoms with Gasteiger partial charge in [0.05, 0.1) is 11.8 Å². The molecule has 0 saturated carbocycles. The topological polar surface area (TPSA) is 67.8 Å². The van der Waals surface area contributed by atoms with Crippen molar-refractivity contribution in [1.82, 2.24) is 5.43 Å². The minimum absolute atomic E-state index is 0.307. The summed E-state index contributed by atoms with van der Waals surface area (Å²) in [5.74, 6) is -0.543. The zero-order valence-corrected chi connectivity index (χ0v) is 17.7. The Bertz CT molecular complexity index is 1080. The lowest BCUT2D eigenvalue weighted by molar-refractivity contribution is 0.0734. The Morgan fingerprint density at radius 2 is 1.79 bits per heavy atom. The van der Waals surface area contributed by atoms with Crippen molar-refractivity contribution in [2.75, 3.05) is 0 Å². The smallest absolute Gasteiger partial charge is 0.343 e. The summed E-state index contributed by atoms with van der Waals surface area (Å²) in [5.41, 5.74) is 4.76. The number of hydrogen-bond acceptors (Lipinski definition) is 4. The number of aryl methyl sites for hydroxylation is 1. The van der Waals surface area contributed by atoms with Crippen LogP contribution in [-0.2, 0) is 0 Å². The van der Waals surface area contributed by atoms with Crippen LogP contribution in [0.5, 0.6) is 5.75 Å². The number of hydrogen-bond donors (Lipinski definition) is 1.